The number of nitrogens with zero attached hydrogens (tertiary/aromatic N) is 3. The van der Waals surface area contributed by atoms with Crippen LogP contribution in [0.2, 0.25) is 5.02 Å². The summed E-state index contributed by atoms with van der Waals surface area (Å²) in [7, 11) is 0. The number of fused-ring (bicyclic) bond motifs is 1. The van der Waals surface area contributed by atoms with Crippen LogP contribution >= 0.6 is 22.9 Å². The third-order valence-electron chi connectivity index (χ3n) is 4.67. The van der Waals surface area contributed by atoms with Gasteiger partial charge >= 0.3 is 5.63 Å². The van der Waals surface area contributed by atoms with Crippen molar-refractivity contribution >= 4 is 40.1 Å². The maximum Gasteiger partial charge on any atom is 0.345 e. The van der Waals surface area contributed by atoms with Crippen LogP contribution in [0.15, 0.2) is 79.4 Å². The fourth-order valence-electron chi connectivity index (χ4n) is 3.09. The van der Waals surface area contributed by atoms with Crippen molar-refractivity contribution in [2.24, 2.45) is 10.2 Å². The molecule has 0 bridgehead atoms. The molecule has 0 atom stereocenters. The van der Waals surface area contributed by atoms with Crippen LogP contribution in [0.3, 0.4) is 0 Å². The Balaban J connectivity index is 1.76. The van der Waals surface area contributed by atoms with Gasteiger partial charge in [-0.05, 0) is 36.2 Å². The van der Waals surface area contributed by atoms with E-state index in [1.165, 1.54) is 11.3 Å². The smallest absolute Gasteiger partial charge is 0.345 e. The molecule has 30 heavy (non-hydrogen) atoms. The first-order chi connectivity index (χ1) is 14.7. The quantitative estimate of drug-likeness (QED) is 0.220. The molecular weight excluding hydrogens is 418 g/mol. The lowest BCUT2D eigenvalue weighted by Crippen LogP contribution is -2.17. The summed E-state index contributed by atoms with van der Waals surface area (Å²) in [5.74, 6) is 0. The normalized spacial score (nSPS) is 12.3. The minimum absolute atomic E-state index is 0.354. The Morgan fingerprint density at radius 3 is 2.77 bits per heavy atom. The molecule has 0 unspecified atom stereocenters. The van der Waals surface area contributed by atoms with Crippen LogP contribution in [0.5, 0.6) is 0 Å². The van der Waals surface area contributed by atoms with Crippen molar-refractivity contribution in [2.45, 2.75) is 26.3 Å². The van der Waals surface area contributed by atoms with Gasteiger partial charge < -0.3 is 8.98 Å². The number of hydrogen-bond acceptors (Lipinski definition) is 5. The number of thiazole rings is 1. The van der Waals surface area contributed by atoms with E-state index in [-0.39, 0.29) is 5.63 Å². The highest BCUT2D eigenvalue weighted by molar-refractivity contribution is 7.07. The number of para-hydroxylation sites is 1. The number of benzene rings is 2. The second-order valence-corrected chi connectivity index (χ2v) is 8.06. The summed E-state index contributed by atoms with van der Waals surface area (Å²) in [6, 6.07) is 16.8. The first kappa shape index (κ1) is 20.3. The maximum atomic E-state index is 12.6. The standard InChI is InChI=1S/C23H20ClN3O2S/c1-2-3-12-27-20(19-13-17-6-4-5-7-21(17)29-22(19)28)15-30-23(27)26-25-14-16-8-10-18(24)11-9-16/h4-11,13-15H,2-3,12H2,1H3/b25-14+,26-23-. The van der Waals surface area contributed by atoms with Crippen molar-refractivity contribution in [3.8, 4) is 11.3 Å². The molecule has 5 nitrogen and oxygen atoms in total. The van der Waals surface area contributed by atoms with Gasteiger partial charge in [0.2, 0.25) is 4.80 Å². The van der Waals surface area contributed by atoms with Crippen molar-refractivity contribution in [1.82, 2.24) is 4.57 Å². The highest BCUT2D eigenvalue weighted by Crippen LogP contribution is 2.22. The lowest BCUT2D eigenvalue weighted by molar-refractivity contribution is 0.560. The number of hydrogen-bond donors (Lipinski definition) is 0. The minimum atomic E-state index is -0.354. The van der Waals surface area contributed by atoms with Crippen LogP contribution in [0.4, 0.5) is 0 Å². The molecule has 0 amide bonds. The average Bonchev–Trinajstić information content (AvgIpc) is 3.15. The number of unbranched alkanes of at least 4 members (excludes halogenated alkanes) is 1. The molecule has 2 heterocycles. The summed E-state index contributed by atoms with van der Waals surface area (Å²) in [4.78, 5) is 13.4. The molecule has 7 heteroatoms. The molecule has 0 radical (unpaired) electrons. The fraction of sp³-hybridized carbons (Fsp3) is 0.174. The lowest BCUT2D eigenvalue weighted by atomic mass is 10.1. The largest absolute Gasteiger partial charge is 0.422 e. The van der Waals surface area contributed by atoms with Crippen LogP contribution in [0.25, 0.3) is 22.2 Å². The van der Waals surface area contributed by atoms with E-state index in [0.29, 0.717) is 16.2 Å². The van der Waals surface area contributed by atoms with Crippen molar-refractivity contribution in [2.75, 3.05) is 0 Å². The van der Waals surface area contributed by atoms with Crippen molar-refractivity contribution < 1.29 is 4.42 Å². The number of rotatable bonds is 6. The summed E-state index contributed by atoms with van der Waals surface area (Å²) < 4.78 is 7.57. The Bertz CT molecular complexity index is 1320. The van der Waals surface area contributed by atoms with Gasteiger partial charge in [-0.15, -0.1) is 16.4 Å². The Morgan fingerprint density at radius 1 is 1.17 bits per heavy atom. The zero-order chi connectivity index (χ0) is 20.9. The molecule has 2 aromatic carbocycles. The van der Waals surface area contributed by atoms with Gasteiger partial charge in [-0.3, -0.25) is 0 Å². The van der Waals surface area contributed by atoms with Gasteiger partial charge in [0.25, 0.3) is 0 Å². The van der Waals surface area contributed by atoms with E-state index in [9.17, 15) is 4.79 Å². The second-order valence-electron chi connectivity index (χ2n) is 6.79. The van der Waals surface area contributed by atoms with Crippen molar-refractivity contribution in [3.63, 3.8) is 0 Å². The van der Waals surface area contributed by atoms with Gasteiger partial charge in [-0.1, -0.05) is 55.3 Å². The van der Waals surface area contributed by atoms with E-state index < -0.39 is 0 Å². The Labute approximate surface area is 182 Å². The van der Waals surface area contributed by atoms with Crippen LogP contribution < -0.4 is 10.4 Å². The highest BCUT2D eigenvalue weighted by Gasteiger charge is 2.14. The lowest BCUT2D eigenvalue weighted by Gasteiger charge is -2.08. The summed E-state index contributed by atoms with van der Waals surface area (Å²) in [5, 5.41) is 12.1. The fourth-order valence-corrected chi connectivity index (χ4v) is 4.10. The Hall–Kier alpha value is -2.96. The van der Waals surface area contributed by atoms with Gasteiger partial charge in [-0.2, -0.15) is 5.10 Å². The third-order valence-corrected chi connectivity index (χ3v) is 5.78. The molecule has 0 N–H and O–H groups in total. The topological polar surface area (TPSA) is 59.9 Å². The molecule has 0 spiro atoms. The molecule has 0 aliphatic rings. The monoisotopic (exact) mass is 437 g/mol. The van der Waals surface area contributed by atoms with Gasteiger partial charge in [0.05, 0.1) is 17.5 Å². The van der Waals surface area contributed by atoms with E-state index >= 15 is 0 Å². The first-order valence-electron chi connectivity index (χ1n) is 9.70. The number of halogens is 1. The summed E-state index contributed by atoms with van der Waals surface area (Å²) in [5.41, 5.74) is 2.47. The summed E-state index contributed by atoms with van der Waals surface area (Å²) in [6.45, 7) is 2.88. The van der Waals surface area contributed by atoms with E-state index in [1.54, 1.807) is 12.3 Å². The van der Waals surface area contributed by atoms with Gasteiger partial charge in [0, 0.05) is 22.3 Å². The van der Waals surface area contributed by atoms with Gasteiger partial charge in [-0.25, -0.2) is 4.79 Å². The SMILES string of the molecule is CCCCn1c(-c2cc3ccccc3oc2=O)cs/c1=N\N=C\c1ccc(Cl)cc1. The zero-order valence-electron chi connectivity index (χ0n) is 16.4. The van der Waals surface area contributed by atoms with Crippen LogP contribution in [-0.2, 0) is 6.54 Å². The van der Waals surface area contributed by atoms with Gasteiger partial charge in [0.1, 0.15) is 5.58 Å². The summed E-state index contributed by atoms with van der Waals surface area (Å²) in [6.07, 6.45) is 3.68. The van der Waals surface area contributed by atoms with Crippen LogP contribution in [-0.4, -0.2) is 10.8 Å². The zero-order valence-corrected chi connectivity index (χ0v) is 18.0. The first-order valence-corrected chi connectivity index (χ1v) is 11.0. The van der Waals surface area contributed by atoms with Crippen LogP contribution in [0.1, 0.15) is 25.3 Å². The molecule has 0 aliphatic heterocycles. The van der Waals surface area contributed by atoms with Crippen molar-refractivity contribution in [1.29, 1.82) is 0 Å². The predicted molar refractivity (Wildman–Crippen MR) is 123 cm³/mol. The minimum Gasteiger partial charge on any atom is -0.422 e. The second kappa shape index (κ2) is 9.24. The Kier molecular flexibility index (Phi) is 6.26. The molecule has 2 aromatic heterocycles. The molecule has 0 fully saturated rings. The molecule has 0 saturated carbocycles. The number of aromatic nitrogens is 1. The van der Waals surface area contributed by atoms with Gasteiger partial charge in [0.15, 0.2) is 0 Å². The average molecular weight is 438 g/mol. The Morgan fingerprint density at radius 2 is 1.97 bits per heavy atom. The van der Waals surface area contributed by atoms with E-state index in [0.717, 1.165) is 40.8 Å². The van der Waals surface area contributed by atoms with E-state index in [1.807, 2.05) is 58.5 Å². The molecular formula is C23H20ClN3O2S. The molecule has 0 aliphatic carbocycles. The molecule has 0 saturated heterocycles. The van der Waals surface area contributed by atoms with E-state index in [4.69, 9.17) is 16.0 Å². The maximum absolute atomic E-state index is 12.6. The predicted octanol–water partition coefficient (Wildman–Crippen LogP) is 5.71. The molecule has 4 aromatic rings. The highest BCUT2D eigenvalue weighted by atomic mass is 35.5. The van der Waals surface area contributed by atoms with Crippen LogP contribution in [0, 0.1) is 0 Å². The third kappa shape index (κ3) is 4.45. The molecule has 152 valence electrons. The van der Waals surface area contributed by atoms with Crippen molar-refractivity contribution in [3.05, 3.63) is 85.8 Å². The molecule has 4 rings (SSSR count). The van der Waals surface area contributed by atoms with E-state index in [2.05, 4.69) is 17.1 Å². The summed E-state index contributed by atoms with van der Waals surface area (Å²) >= 11 is 7.37.